The van der Waals surface area contributed by atoms with Gasteiger partial charge in [0.2, 0.25) is 0 Å². The number of hydrogen-bond donors (Lipinski definition) is 0. The average molecular weight is 201 g/mol. The van der Waals surface area contributed by atoms with Crippen molar-refractivity contribution in [1.29, 1.82) is 5.26 Å². The number of aryl methyl sites for hydroxylation is 1. The van der Waals surface area contributed by atoms with E-state index in [9.17, 15) is 4.79 Å². The van der Waals surface area contributed by atoms with Gasteiger partial charge in [-0.15, -0.1) is 0 Å². The molecule has 0 fully saturated rings. The quantitative estimate of drug-likeness (QED) is 0.702. The Morgan fingerprint density at radius 3 is 2.80 bits per heavy atom. The van der Waals surface area contributed by atoms with Crippen molar-refractivity contribution in [3.05, 3.63) is 35.4 Å². The molecule has 2 nitrogen and oxygen atoms in total. The maximum atomic E-state index is 11.9. The molecule has 1 unspecified atom stereocenters. The Morgan fingerprint density at radius 2 is 2.27 bits per heavy atom. The minimum Gasteiger partial charge on any atom is -0.293 e. The molecule has 0 bridgehead atoms. The van der Waals surface area contributed by atoms with E-state index in [1.54, 1.807) is 6.07 Å². The zero-order valence-corrected chi connectivity index (χ0v) is 9.16. The van der Waals surface area contributed by atoms with Crippen molar-refractivity contribution in [2.24, 2.45) is 5.92 Å². The van der Waals surface area contributed by atoms with Gasteiger partial charge >= 0.3 is 0 Å². The first-order valence-electron chi connectivity index (χ1n) is 5.19. The van der Waals surface area contributed by atoms with Crippen LogP contribution < -0.4 is 0 Å². The summed E-state index contributed by atoms with van der Waals surface area (Å²) in [5, 5.41) is 8.89. The van der Waals surface area contributed by atoms with Gasteiger partial charge in [-0.1, -0.05) is 37.1 Å². The molecule has 78 valence electrons. The SMILES string of the molecule is CCCC(C#N)C(=O)c1cccc(C)c1. The standard InChI is InChI=1S/C13H15NO/c1-3-5-12(9-14)13(15)11-7-4-6-10(2)8-11/h4,6-8,12H,3,5H2,1-2H3. The van der Waals surface area contributed by atoms with Crippen molar-refractivity contribution < 1.29 is 4.79 Å². The molecule has 0 saturated carbocycles. The number of nitrogens with zero attached hydrogens (tertiary/aromatic N) is 1. The highest BCUT2D eigenvalue weighted by Crippen LogP contribution is 2.14. The summed E-state index contributed by atoms with van der Waals surface area (Å²) >= 11 is 0. The van der Waals surface area contributed by atoms with Crippen LogP contribution in [0.15, 0.2) is 24.3 Å². The summed E-state index contributed by atoms with van der Waals surface area (Å²) in [6.07, 6.45) is 1.50. The van der Waals surface area contributed by atoms with Gasteiger partial charge in [0.25, 0.3) is 0 Å². The maximum Gasteiger partial charge on any atom is 0.179 e. The van der Waals surface area contributed by atoms with E-state index < -0.39 is 5.92 Å². The molecule has 1 rings (SSSR count). The number of hydrogen-bond acceptors (Lipinski definition) is 2. The largest absolute Gasteiger partial charge is 0.293 e. The number of carbonyl (C=O) groups is 1. The van der Waals surface area contributed by atoms with Gasteiger partial charge in [-0.2, -0.15) is 5.26 Å². The van der Waals surface area contributed by atoms with Crippen LogP contribution in [0.1, 0.15) is 35.7 Å². The molecule has 2 heteroatoms. The highest BCUT2D eigenvalue weighted by Gasteiger charge is 2.18. The van der Waals surface area contributed by atoms with Gasteiger partial charge in [-0.3, -0.25) is 4.79 Å². The van der Waals surface area contributed by atoms with E-state index in [0.29, 0.717) is 12.0 Å². The van der Waals surface area contributed by atoms with Crippen molar-refractivity contribution >= 4 is 5.78 Å². The van der Waals surface area contributed by atoms with Crippen LogP contribution in [0.2, 0.25) is 0 Å². The third-order valence-electron chi connectivity index (χ3n) is 2.35. The predicted molar refractivity (Wildman–Crippen MR) is 59.5 cm³/mol. The molecule has 0 radical (unpaired) electrons. The van der Waals surface area contributed by atoms with Gasteiger partial charge in [-0.05, 0) is 19.4 Å². The second-order valence-corrected chi connectivity index (χ2v) is 3.70. The summed E-state index contributed by atoms with van der Waals surface area (Å²) in [6, 6.07) is 9.47. The first kappa shape index (κ1) is 11.5. The molecular formula is C13H15NO. The number of ketones is 1. The lowest BCUT2D eigenvalue weighted by Crippen LogP contribution is -2.12. The van der Waals surface area contributed by atoms with Crippen LogP contribution in [0.4, 0.5) is 0 Å². The first-order chi connectivity index (χ1) is 7.19. The Kier molecular flexibility index (Phi) is 4.05. The van der Waals surface area contributed by atoms with Crippen molar-refractivity contribution in [3.8, 4) is 6.07 Å². The van der Waals surface area contributed by atoms with Crippen molar-refractivity contribution in [3.63, 3.8) is 0 Å². The fourth-order valence-electron chi connectivity index (χ4n) is 1.54. The lowest BCUT2D eigenvalue weighted by molar-refractivity contribution is 0.0943. The fraction of sp³-hybridized carbons (Fsp3) is 0.385. The molecule has 0 amide bonds. The summed E-state index contributed by atoms with van der Waals surface area (Å²) in [5.41, 5.74) is 1.70. The topological polar surface area (TPSA) is 40.9 Å². The maximum absolute atomic E-state index is 11.9. The molecular weight excluding hydrogens is 186 g/mol. The zero-order valence-electron chi connectivity index (χ0n) is 9.16. The Labute approximate surface area is 90.5 Å². The normalized spacial score (nSPS) is 11.8. The van der Waals surface area contributed by atoms with Gasteiger partial charge in [0.05, 0.1) is 6.07 Å². The predicted octanol–water partition coefficient (Wildman–Crippen LogP) is 3.12. The molecule has 0 aliphatic carbocycles. The Hall–Kier alpha value is -1.62. The zero-order chi connectivity index (χ0) is 11.3. The molecule has 0 aliphatic rings. The Morgan fingerprint density at radius 1 is 1.53 bits per heavy atom. The van der Waals surface area contributed by atoms with Crippen LogP contribution in [0, 0.1) is 24.2 Å². The van der Waals surface area contributed by atoms with E-state index in [1.165, 1.54) is 0 Å². The lowest BCUT2D eigenvalue weighted by Gasteiger charge is -2.06. The monoisotopic (exact) mass is 201 g/mol. The van der Waals surface area contributed by atoms with E-state index in [0.717, 1.165) is 12.0 Å². The van der Waals surface area contributed by atoms with Gasteiger partial charge in [-0.25, -0.2) is 0 Å². The molecule has 15 heavy (non-hydrogen) atoms. The summed E-state index contributed by atoms with van der Waals surface area (Å²) < 4.78 is 0. The van der Waals surface area contributed by atoms with Crippen LogP contribution in [-0.4, -0.2) is 5.78 Å². The van der Waals surface area contributed by atoms with Gasteiger partial charge < -0.3 is 0 Å². The molecule has 0 heterocycles. The molecule has 0 spiro atoms. The Balaban J connectivity index is 2.89. The van der Waals surface area contributed by atoms with Crippen molar-refractivity contribution in [1.82, 2.24) is 0 Å². The van der Waals surface area contributed by atoms with Gasteiger partial charge in [0.15, 0.2) is 5.78 Å². The van der Waals surface area contributed by atoms with E-state index in [1.807, 2.05) is 32.0 Å². The number of carbonyl (C=O) groups excluding carboxylic acids is 1. The van der Waals surface area contributed by atoms with Crippen molar-refractivity contribution in [2.75, 3.05) is 0 Å². The summed E-state index contributed by atoms with van der Waals surface area (Å²) in [4.78, 5) is 11.9. The molecule has 1 aromatic carbocycles. The van der Waals surface area contributed by atoms with E-state index in [-0.39, 0.29) is 5.78 Å². The lowest BCUT2D eigenvalue weighted by atomic mass is 9.94. The van der Waals surface area contributed by atoms with Crippen LogP contribution in [0.5, 0.6) is 0 Å². The molecule has 0 N–H and O–H groups in total. The molecule has 1 atom stereocenters. The summed E-state index contributed by atoms with van der Waals surface area (Å²) in [7, 11) is 0. The van der Waals surface area contributed by atoms with Gasteiger partial charge in [0.1, 0.15) is 5.92 Å². The van der Waals surface area contributed by atoms with Crippen LogP contribution in [-0.2, 0) is 0 Å². The molecule has 0 saturated heterocycles. The van der Waals surface area contributed by atoms with E-state index in [4.69, 9.17) is 5.26 Å². The second-order valence-electron chi connectivity index (χ2n) is 3.70. The number of rotatable bonds is 4. The van der Waals surface area contributed by atoms with Crippen LogP contribution in [0.3, 0.4) is 0 Å². The van der Waals surface area contributed by atoms with Gasteiger partial charge in [0, 0.05) is 5.56 Å². The summed E-state index contributed by atoms with van der Waals surface area (Å²) in [5.74, 6) is -0.542. The number of nitriles is 1. The van der Waals surface area contributed by atoms with Crippen molar-refractivity contribution in [2.45, 2.75) is 26.7 Å². The minimum absolute atomic E-state index is 0.0527. The highest BCUT2D eigenvalue weighted by atomic mass is 16.1. The van der Waals surface area contributed by atoms with Crippen LogP contribution in [0.25, 0.3) is 0 Å². The van der Waals surface area contributed by atoms with E-state index >= 15 is 0 Å². The Bertz CT molecular complexity index is 390. The smallest absolute Gasteiger partial charge is 0.179 e. The molecule has 0 aromatic heterocycles. The number of benzene rings is 1. The number of Topliss-reactive ketones (excluding diaryl/α,β-unsaturated/α-hetero) is 1. The summed E-state index contributed by atoms with van der Waals surface area (Å²) in [6.45, 7) is 3.92. The highest BCUT2D eigenvalue weighted by molar-refractivity contribution is 5.99. The molecule has 1 aromatic rings. The first-order valence-corrected chi connectivity index (χ1v) is 5.19. The van der Waals surface area contributed by atoms with Crippen LogP contribution >= 0.6 is 0 Å². The van der Waals surface area contributed by atoms with E-state index in [2.05, 4.69) is 6.07 Å². The third-order valence-corrected chi connectivity index (χ3v) is 2.35. The molecule has 0 aliphatic heterocycles. The third kappa shape index (κ3) is 2.92. The second kappa shape index (κ2) is 5.31. The minimum atomic E-state index is -0.489. The average Bonchev–Trinajstić information content (AvgIpc) is 2.25. The fourth-order valence-corrected chi connectivity index (χ4v) is 1.54.